The Labute approximate surface area is 162 Å². The number of hydrogen-bond acceptors (Lipinski definition) is 5. The van der Waals surface area contributed by atoms with Gasteiger partial charge in [-0.05, 0) is 24.6 Å². The molecule has 7 heteroatoms. The predicted octanol–water partition coefficient (Wildman–Crippen LogP) is 3.81. The van der Waals surface area contributed by atoms with Crippen LogP contribution >= 0.6 is 24.0 Å². The highest BCUT2D eigenvalue weighted by Crippen LogP contribution is 2.40. The van der Waals surface area contributed by atoms with Gasteiger partial charge in [-0.25, -0.2) is 4.79 Å². The Hall–Kier alpha value is -2.55. The predicted molar refractivity (Wildman–Crippen MR) is 103 cm³/mol. The molecule has 0 unspecified atom stereocenters. The number of alkyl halides is 1. The maximum absolute atomic E-state index is 12.5. The van der Waals surface area contributed by atoms with Crippen molar-refractivity contribution in [2.45, 2.75) is 12.8 Å². The summed E-state index contributed by atoms with van der Waals surface area (Å²) in [6.45, 7) is 1.80. The van der Waals surface area contributed by atoms with E-state index in [1.807, 2.05) is 30.3 Å². The molecule has 1 N–H and O–H groups in total. The zero-order chi connectivity index (χ0) is 18.0. The number of nitrogens with one attached hydrogen (secondary N) is 1. The van der Waals surface area contributed by atoms with Crippen molar-refractivity contribution in [3.8, 4) is 6.07 Å². The number of nitrogens with zero attached hydrogens (tertiary/aromatic N) is 2. The molecule has 0 radical (unpaired) electrons. The largest absolute Gasteiger partial charge is 0.466 e. The Morgan fingerprint density at radius 3 is 2.77 bits per heavy atom. The summed E-state index contributed by atoms with van der Waals surface area (Å²) in [5, 5.41) is 13.7. The van der Waals surface area contributed by atoms with Crippen LogP contribution in [-0.4, -0.2) is 23.9 Å². The van der Waals surface area contributed by atoms with Crippen molar-refractivity contribution in [2.24, 2.45) is 0 Å². The highest BCUT2D eigenvalue weighted by atomic mass is 35.5. The fraction of sp³-hybridized carbons (Fsp3) is 0.211. The number of carbonyl (C=O) groups is 1. The van der Waals surface area contributed by atoms with Crippen molar-refractivity contribution in [1.29, 1.82) is 5.26 Å². The maximum atomic E-state index is 12.5. The second kappa shape index (κ2) is 8.22. The fourth-order valence-electron chi connectivity index (χ4n) is 3.18. The SMILES string of the molecule is COC(=O)C1=C(CCl)NC(C)=C(C#N)[C@@H]1c1ccnc2ccccc12.Cl. The minimum atomic E-state index is -0.555. The van der Waals surface area contributed by atoms with Crippen molar-refractivity contribution < 1.29 is 9.53 Å². The highest BCUT2D eigenvalue weighted by Gasteiger charge is 2.35. The summed E-state index contributed by atoms with van der Waals surface area (Å²) in [6, 6.07) is 11.7. The Balaban J connectivity index is 0.00000243. The van der Waals surface area contributed by atoms with Crippen molar-refractivity contribution >= 4 is 40.9 Å². The fourth-order valence-corrected chi connectivity index (χ4v) is 3.39. The highest BCUT2D eigenvalue weighted by molar-refractivity contribution is 6.20. The van der Waals surface area contributed by atoms with Gasteiger partial charge in [0.05, 0.1) is 41.6 Å². The average molecular weight is 390 g/mol. The number of carbonyl (C=O) groups excluding carboxylic acids is 1. The molecule has 0 amide bonds. The molecule has 1 aliphatic heterocycles. The topological polar surface area (TPSA) is 75.0 Å². The van der Waals surface area contributed by atoms with Gasteiger partial charge in [-0.2, -0.15) is 5.26 Å². The number of halogens is 2. The number of hydrogen-bond donors (Lipinski definition) is 1. The molecule has 1 aliphatic rings. The molecule has 26 heavy (non-hydrogen) atoms. The van der Waals surface area contributed by atoms with Gasteiger partial charge in [0, 0.05) is 23.0 Å². The molecule has 2 aromatic rings. The molecule has 1 atom stereocenters. The van der Waals surface area contributed by atoms with E-state index in [4.69, 9.17) is 16.3 Å². The number of nitriles is 1. The van der Waals surface area contributed by atoms with Crippen LogP contribution in [0.4, 0.5) is 0 Å². The first kappa shape index (κ1) is 19.8. The van der Waals surface area contributed by atoms with Crippen LogP contribution in [0.2, 0.25) is 0 Å². The molecule has 0 saturated carbocycles. The number of methoxy groups -OCH3 is 1. The lowest BCUT2D eigenvalue weighted by atomic mass is 9.80. The zero-order valence-electron chi connectivity index (χ0n) is 14.2. The third-order valence-electron chi connectivity index (χ3n) is 4.30. The van der Waals surface area contributed by atoms with Gasteiger partial charge in [0.1, 0.15) is 0 Å². The first-order chi connectivity index (χ1) is 12.1. The molecule has 0 saturated heterocycles. The van der Waals surface area contributed by atoms with Crippen LogP contribution < -0.4 is 5.32 Å². The van der Waals surface area contributed by atoms with Crippen molar-refractivity contribution in [1.82, 2.24) is 10.3 Å². The van der Waals surface area contributed by atoms with Crippen molar-refractivity contribution in [3.05, 3.63) is 64.6 Å². The summed E-state index contributed by atoms with van der Waals surface area (Å²) in [6.07, 6.45) is 1.68. The monoisotopic (exact) mass is 389 g/mol. The number of pyridine rings is 1. The zero-order valence-corrected chi connectivity index (χ0v) is 15.8. The Morgan fingerprint density at radius 2 is 2.12 bits per heavy atom. The van der Waals surface area contributed by atoms with Gasteiger partial charge in [-0.15, -0.1) is 24.0 Å². The number of benzene rings is 1. The molecule has 5 nitrogen and oxygen atoms in total. The van der Waals surface area contributed by atoms with E-state index in [1.54, 1.807) is 13.1 Å². The van der Waals surface area contributed by atoms with E-state index < -0.39 is 11.9 Å². The third kappa shape index (κ3) is 3.26. The normalized spacial score (nSPS) is 16.6. The van der Waals surface area contributed by atoms with Gasteiger partial charge in [-0.3, -0.25) is 4.98 Å². The summed E-state index contributed by atoms with van der Waals surface area (Å²) >= 11 is 6.06. The maximum Gasteiger partial charge on any atom is 0.336 e. The number of esters is 1. The number of para-hydroxylation sites is 1. The van der Waals surface area contributed by atoms with Gasteiger partial charge in [0.25, 0.3) is 0 Å². The molecule has 3 rings (SSSR count). The number of fused-ring (bicyclic) bond motifs is 1. The molecule has 0 spiro atoms. The van der Waals surface area contributed by atoms with E-state index >= 15 is 0 Å². The summed E-state index contributed by atoms with van der Waals surface area (Å²) in [4.78, 5) is 16.9. The number of dihydropyridines is 1. The summed E-state index contributed by atoms with van der Waals surface area (Å²) in [5.74, 6) is -0.949. The molecule has 2 heterocycles. The number of aromatic nitrogens is 1. The summed E-state index contributed by atoms with van der Waals surface area (Å²) < 4.78 is 4.97. The van der Waals surface area contributed by atoms with E-state index in [0.717, 1.165) is 16.5 Å². The first-order valence-corrected chi connectivity index (χ1v) is 8.24. The first-order valence-electron chi connectivity index (χ1n) is 7.71. The van der Waals surface area contributed by atoms with E-state index in [2.05, 4.69) is 16.4 Å². The van der Waals surface area contributed by atoms with Crippen LogP contribution in [0.15, 0.2) is 59.1 Å². The standard InChI is InChI=1S/C19H16ClN3O2.ClH/c1-11-14(10-21)17(18(19(24)25-2)16(9-20)23-11)13-7-8-22-15-6-4-3-5-12(13)15;/h3-8,17,23H,9H2,1-2H3;1H/t17-;/m0./s1. The molecular weight excluding hydrogens is 373 g/mol. The lowest BCUT2D eigenvalue weighted by Crippen LogP contribution is -2.30. The molecule has 0 aliphatic carbocycles. The molecule has 0 bridgehead atoms. The average Bonchev–Trinajstić information content (AvgIpc) is 2.66. The molecule has 134 valence electrons. The van der Waals surface area contributed by atoms with Crippen LogP contribution in [0.1, 0.15) is 18.4 Å². The summed E-state index contributed by atoms with van der Waals surface area (Å²) in [7, 11) is 1.32. The number of ether oxygens (including phenoxy) is 1. The van der Waals surface area contributed by atoms with Gasteiger partial charge in [0.15, 0.2) is 0 Å². The summed E-state index contributed by atoms with van der Waals surface area (Å²) in [5.41, 5.74) is 3.67. The number of rotatable bonds is 3. The Morgan fingerprint density at radius 1 is 1.38 bits per heavy atom. The minimum absolute atomic E-state index is 0. The third-order valence-corrected chi connectivity index (χ3v) is 4.57. The quantitative estimate of drug-likeness (QED) is 0.637. The smallest absolute Gasteiger partial charge is 0.336 e. The van der Waals surface area contributed by atoms with Gasteiger partial charge in [0.2, 0.25) is 0 Å². The van der Waals surface area contributed by atoms with Crippen LogP contribution in [0, 0.1) is 11.3 Å². The molecule has 0 fully saturated rings. The Bertz CT molecular complexity index is 955. The van der Waals surface area contributed by atoms with E-state index in [0.29, 0.717) is 22.5 Å². The van der Waals surface area contributed by atoms with Crippen molar-refractivity contribution in [2.75, 3.05) is 13.0 Å². The van der Waals surface area contributed by atoms with Crippen LogP contribution in [0.5, 0.6) is 0 Å². The van der Waals surface area contributed by atoms with Crippen LogP contribution in [0.3, 0.4) is 0 Å². The van der Waals surface area contributed by atoms with E-state index in [1.165, 1.54) is 7.11 Å². The number of allylic oxidation sites excluding steroid dienone is 3. The molecule has 1 aromatic carbocycles. The van der Waals surface area contributed by atoms with Crippen LogP contribution in [-0.2, 0) is 9.53 Å². The van der Waals surface area contributed by atoms with Gasteiger partial charge < -0.3 is 10.1 Å². The second-order valence-electron chi connectivity index (χ2n) is 5.64. The molecular formula is C19H17Cl2N3O2. The Kier molecular flexibility index (Phi) is 6.25. The van der Waals surface area contributed by atoms with E-state index in [9.17, 15) is 10.1 Å². The van der Waals surface area contributed by atoms with E-state index in [-0.39, 0.29) is 18.3 Å². The minimum Gasteiger partial charge on any atom is -0.466 e. The van der Waals surface area contributed by atoms with Gasteiger partial charge in [-0.1, -0.05) is 18.2 Å². The lowest BCUT2D eigenvalue weighted by Gasteiger charge is -2.29. The van der Waals surface area contributed by atoms with Crippen molar-refractivity contribution in [3.63, 3.8) is 0 Å². The van der Waals surface area contributed by atoms with Gasteiger partial charge >= 0.3 is 5.97 Å². The van der Waals surface area contributed by atoms with Crippen LogP contribution in [0.25, 0.3) is 10.9 Å². The molecule has 1 aromatic heterocycles. The lowest BCUT2D eigenvalue weighted by molar-refractivity contribution is -0.136. The second-order valence-corrected chi connectivity index (χ2v) is 5.91.